The Labute approximate surface area is 201 Å². The van der Waals surface area contributed by atoms with Crippen LogP contribution in [0.15, 0.2) is 18.2 Å². The number of likely N-dealkylation sites (tertiary alicyclic amines) is 1. The highest BCUT2D eigenvalue weighted by atomic mass is 16.2. The molecule has 1 aromatic rings. The molecule has 3 fully saturated rings. The lowest BCUT2D eigenvalue weighted by atomic mass is 9.77. The molecule has 1 aromatic carbocycles. The minimum atomic E-state index is -0.866. The fourth-order valence-electron chi connectivity index (χ4n) is 5.65. The number of aryl methyl sites for hydroxylation is 1. The van der Waals surface area contributed by atoms with Gasteiger partial charge in [-0.1, -0.05) is 26.8 Å². The predicted molar refractivity (Wildman–Crippen MR) is 129 cm³/mol. The highest BCUT2D eigenvalue weighted by molar-refractivity contribution is 6.10. The zero-order chi connectivity index (χ0) is 24.6. The van der Waals surface area contributed by atoms with Crippen LogP contribution in [-0.4, -0.2) is 58.7 Å². The number of carbonyl (C=O) groups is 4. The Kier molecular flexibility index (Phi) is 6.69. The minimum absolute atomic E-state index is 0.0449. The average Bonchev–Trinajstić information content (AvgIpc) is 3.00. The van der Waals surface area contributed by atoms with Gasteiger partial charge >= 0.3 is 6.03 Å². The van der Waals surface area contributed by atoms with E-state index in [-0.39, 0.29) is 18.4 Å². The van der Waals surface area contributed by atoms with Crippen LogP contribution < -0.4 is 10.6 Å². The van der Waals surface area contributed by atoms with Crippen molar-refractivity contribution in [3.8, 4) is 0 Å². The quantitative estimate of drug-likeness (QED) is 0.660. The van der Waals surface area contributed by atoms with E-state index in [4.69, 9.17) is 0 Å². The Morgan fingerprint density at radius 3 is 2.35 bits per heavy atom. The lowest BCUT2D eigenvalue weighted by Gasteiger charge is -2.35. The molecule has 0 bridgehead atoms. The van der Waals surface area contributed by atoms with Gasteiger partial charge in [0.15, 0.2) is 0 Å². The molecule has 0 radical (unpaired) electrons. The summed E-state index contributed by atoms with van der Waals surface area (Å²) in [7, 11) is 0. The standard InChI is InChI=1S/C26H36N4O4/c1-16-7-9-26(10-8-16)24(33)30(25(34)28-26)15-22(31)27-21-12-20(6-5-19(21)4)23(32)29-13-17(2)11-18(3)14-29/h5-6,12,16-18H,7-11,13-15H2,1-4H3,(H,27,31)(H,28,34). The van der Waals surface area contributed by atoms with Crippen LogP contribution in [0.3, 0.4) is 0 Å². The van der Waals surface area contributed by atoms with Gasteiger partial charge in [0.05, 0.1) is 0 Å². The Balaban J connectivity index is 1.43. The maximum Gasteiger partial charge on any atom is 0.325 e. The van der Waals surface area contributed by atoms with E-state index in [0.29, 0.717) is 41.8 Å². The van der Waals surface area contributed by atoms with Crippen LogP contribution in [0.1, 0.15) is 68.8 Å². The summed E-state index contributed by atoms with van der Waals surface area (Å²) in [6, 6.07) is 4.77. The van der Waals surface area contributed by atoms with Gasteiger partial charge < -0.3 is 15.5 Å². The van der Waals surface area contributed by atoms with Gasteiger partial charge in [0, 0.05) is 24.3 Å². The number of piperidine rings is 1. The number of anilines is 1. The van der Waals surface area contributed by atoms with Crippen LogP contribution in [0.25, 0.3) is 0 Å². The Bertz CT molecular complexity index is 989. The molecule has 1 aliphatic carbocycles. The fourth-order valence-corrected chi connectivity index (χ4v) is 5.65. The topological polar surface area (TPSA) is 98.8 Å². The Morgan fingerprint density at radius 2 is 1.71 bits per heavy atom. The molecule has 184 valence electrons. The molecule has 2 N–H and O–H groups in total. The number of nitrogens with one attached hydrogen (secondary N) is 2. The average molecular weight is 469 g/mol. The molecule has 2 aliphatic heterocycles. The van der Waals surface area contributed by atoms with Crippen molar-refractivity contribution in [2.45, 2.75) is 65.3 Å². The summed E-state index contributed by atoms with van der Waals surface area (Å²) < 4.78 is 0. The smallest absolute Gasteiger partial charge is 0.325 e. The van der Waals surface area contributed by atoms with E-state index < -0.39 is 17.5 Å². The van der Waals surface area contributed by atoms with Gasteiger partial charge in [0.1, 0.15) is 12.1 Å². The number of hydrogen-bond donors (Lipinski definition) is 2. The molecule has 1 spiro atoms. The van der Waals surface area contributed by atoms with Gasteiger partial charge in [-0.2, -0.15) is 0 Å². The van der Waals surface area contributed by atoms with E-state index in [9.17, 15) is 19.2 Å². The van der Waals surface area contributed by atoms with Crippen molar-refractivity contribution in [2.75, 3.05) is 25.0 Å². The molecule has 4 rings (SSSR count). The first-order valence-corrected chi connectivity index (χ1v) is 12.4. The fraction of sp³-hybridized carbons (Fsp3) is 0.615. The van der Waals surface area contributed by atoms with Crippen LogP contribution in [0.2, 0.25) is 0 Å². The molecule has 2 saturated heterocycles. The largest absolute Gasteiger partial charge is 0.338 e. The molecule has 5 amide bonds. The third-order valence-electron chi connectivity index (χ3n) is 7.59. The number of rotatable bonds is 4. The van der Waals surface area contributed by atoms with Crippen LogP contribution in [-0.2, 0) is 9.59 Å². The van der Waals surface area contributed by atoms with Crippen LogP contribution in [0.4, 0.5) is 10.5 Å². The zero-order valence-corrected chi connectivity index (χ0v) is 20.6. The number of amides is 5. The predicted octanol–water partition coefficient (Wildman–Crippen LogP) is 3.55. The van der Waals surface area contributed by atoms with Gasteiger partial charge in [-0.05, 0) is 74.5 Å². The molecular formula is C26H36N4O4. The van der Waals surface area contributed by atoms with E-state index in [0.717, 1.165) is 42.8 Å². The second kappa shape index (κ2) is 9.39. The second-order valence-corrected chi connectivity index (χ2v) is 10.8. The number of carbonyl (C=O) groups excluding carboxylic acids is 4. The first kappa shape index (κ1) is 24.2. The van der Waals surface area contributed by atoms with E-state index in [1.807, 2.05) is 17.9 Å². The molecule has 2 atom stereocenters. The summed E-state index contributed by atoms with van der Waals surface area (Å²) >= 11 is 0. The Morgan fingerprint density at radius 1 is 1.06 bits per heavy atom. The van der Waals surface area contributed by atoms with Crippen LogP contribution in [0, 0.1) is 24.7 Å². The Hall–Kier alpha value is -2.90. The van der Waals surface area contributed by atoms with E-state index in [1.54, 1.807) is 12.1 Å². The monoisotopic (exact) mass is 468 g/mol. The zero-order valence-electron chi connectivity index (χ0n) is 20.6. The molecule has 34 heavy (non-hydrogen) atoms. The lowest BCUT2D eigenvalue weighted by molar-refractivity contribution is -0.135. The maximum absolute atomic E-state index is 13.1. The normalized spacial score (nSPS) is 29.4. The first-order valence-electron chi connectivity index (χ1n) is 12.4. The van der Waals surface area contributed by atoms with E-state index >= 15 is 0 Å². The molecular weight excluding hydrogens is 432 g/mol. The van der Waals surface area contributed by atoms with Crippen LogP contribution >= 0.6 is 0 Å². The molecule has 2 heterocycles. The maximum atomic E-state index is 13.1. The van der Waals surface area contributed by atoms with Gasteiger partial charge in [-0.15, -0.1) is 0 Å². The highest BCUT2D eigenvalue weighted by Gasteiger charge is 2.52. The molecule has 2 unspecified atom stereocenters. The van der Waals surface area contributed by atoms with Crippen molar-refractivity contribution in [1.29, 1.82) is 0 Å². The van der Waals surface area contributed by atoms with Gasteiger partial charge in [0.25, 0.3) is 11.8 Å². The van der Waals surface area contributed by atoms with Crippen molar-refractivity contribution in [2.24, 2.45) is 17.8 Å². The van der Waals surface area contributed by atoms with Gasteiger partial charge in [-0.3, -0.25) is 19.3 Å². The highest BCUT2D eigenvalue weighted by Crippen LogP contribution is 2.36. The molecule has 8 heteroatoms. The summed E-state index contributed by atoms with van der Waals surface area (Å²) in [4.78, 5) is 54.4. The van der Waals surface area contributed by atoms with E-state index in [1.165, 1.54) is 0 Å². The third-order valence-corrected chi connectivity index (χ3v) is 7.59. The van der Waals surface area contributed by atoms with Crippen molar-refractivity contribution in [3.05, 3.63) is 29.3 Å². The van der Waals surface area contributed by atoms with Gasteiger partial charge in [0.2, 0.25) is 5.91 Å². The number of imide groups is 1. The SMILES string of the molecule is Cc1ccc(C(=O)N2CC(C)CC(C)C2)cc1NC(=O)CN1C(=O)NC2(CCC(C)CC2)C1=O. The summed E-state index contributed by atoms with van der Waals surface area (Å²) in [6.07, 6.45) is 4.07. The van der Waals surface area contributed by atoms with Crippen molar-refractivity contribution in [3.63, 3.8) is 0 Å². The van der Waals surface area contributed by atoms with E-state index in [2.05, 4.69) is 31.4 Å². The number of urea groups is 1. The summed E-state index contributed by atoms with van der Waals surface area (Å²) in [5.74, 6) is 0.624. The van der Waals surface area contributed by atoms with Crippen molar-refractivity contribution < 1.29 is 19.2 Å². The lowest BCUT2D eigenvalue weighted by Crippen LogP contribution is -2.49. The third kappa shape index (κ3) is 4.81. The van der Waals surface area contributed by atoms with Crippen LogP contribution in [0.5, 0.6) is 0 Å². The van der Waals surface area contributed by atoms with Crippen molar-refractivity contribution in [1.82, 2.24) is 15.1 Å². The molecule has 3 aliphatic rings. The second-order valence-electron chi connectivity index (χ2n) is 10.8. The van der Waals surface area contributed by atoms with Crippen molar-refractivity contribution >= 4 is 29.4 Å². The molecule has 8 nitrogen and oxygen atoms in total. The number of hydrogen-bond acceptors (Lipinski definition) is 4. The minimum Gasteiger partial charge on any atom is -0.338 e. The molecule has 0 aromatic heterocycles. The first-order chi connectivity index (χ1) is 16.1. The summed E-state index contributed by atoms with van der Waals surface area (Å²) in [5, 5.41) is 5.65. The number of benzene rings is 1. The number of nitrogens with zero attached hydrogens (tertiary/aromatic N) is 2. The molecule has 1 saturated carbocycles. The van der Waals surface area contributed by atoms with Gasteiger partial charge in [-0.25, -0.2) is 4.79 Å². The summed E-state index contributed by atoms with van der Waals surface area (Å²) in [5.41, 5.74) is 0.976. The summed E-state index contributed by atoms with van der Waals surface area (Å²) in [6.45, 7) is 9.42.